The Bertz CT molecular complexity index is 1820. The smallest absolute Gasteiger partial charge is 0.287 e. The zero-order valence-corrected chi connectivity index (χ0v) is 33.1. The van der Waals surface area contributed by atoms with Gasteiger partial charge in [-0.15, -0.1) is 4.36 Å². The van der Waals surface area contributed by atoms with Crippen molar-refractivity contribution >= 4 is 39.0 Å². The standard InChI is InChI=1S/C39H48ClN3O6S.C2H6/c1-6-12-29-23-31(40)16-18-33(29)30-25-43-21-20-27(7-2)35(47-5)15-11-22-49-39(3,4)38(45)42-50(46,41-37(44)28-13-9-8-10-14-28)32-17-19-36(48-26-30)34(43)24-32;1-2/h8-11,13-19,23-24,27,30,35H,6-7,12,20-22,25-26H2,1-5H3,(H,41,42,44,45,46);1-2H3/b15-11+;. The number of methoxy groups -OCH3 is 1. The molecule has 4 atom stereocenters. The largest absolute Gasteiger partial charge is 0.491 e. The number of fused-ring (bicyclic) bond motifs is 1. The number of hydrogen-bond acceptors (Lipinski definition) is 7. The molecular weight excluding hydrogens is 698 g/mol. The summed E-state index contributed by atoms with van der Waals surface area (Å²) in [6.45, 7) is 13.3. The quantitative estimate of drug-likeness (QED) is 0.241. The fourth-order valence-electron chi connectivity index (χ4n) is 6.50. The van der Waals surface area contributed by atoms with Crippen molar-refractivity contribution in [2.24, 2.45) is 10.3 Å². The molecule has 5 rings (SSSR count). The van der Waals surface area contributed by atoms with Crippen molar-refractivity contribution in [2.45, 2.75) is 89.7 Å². The Morgan fingerprint density at radius 1 is 1.10 bits per heavy atom. The summed E-state index contributed by atoms with van der Waals surface area (Å²) in [6, 6.07) is 19.6. The van der Waals surface area contributed by atoms with E-state index in [9.17, 15) is 13.8 Å². The van der Waals surface area contributed by atoms with Crippen LogP contribution in [0.25, 0.3) is 0 Å². The summed E-state index contributed by atoms with van der Waals surface area (Å²) >= 11 is 6.44. The highest BCUT2D eigenvalue weighted by atomic mass is 35.5. The van der Waals surface area contributed by atoms with Crippen molar-refractivity contribution in [2.75, 3.05) is 38.3 Å². The molecular formula is C41H54ClN3O6S. The van der Waals surface area contributed by atoms with Gasteiger partial charge in [0.05, 0.1) is 29.9 Å². The van der Waals surface area contributed by atoms with Gasteiger partial charge in [-0.2, -0.15) is 0 Å². The molecule has 4 unspecified atom stereocenters. The molecule has 0 spiro atoms. The van der Waals surface area contributed by atoms with E-state index in [1.165, 1.54) is 11.1 Å². The molecule has 2 heterocycles. The first-order chi connectivity index (χ1) is 25.0. The third-order valence-corrected chi connectivity index (χ3v) is 11.4. The molecule has 282 valence electrons. The van der Waals surface area contributed by atoms with Gasteiger partial charge in [-0.1, -0.05) is 88.6 Å². The Morgan fingerprint density at radius 3 is 2.54 bits per heavy atom. The minimum absolute atomic E-state index is 0.0137. The number of nitrogens with one attached hydrogen (secondary N) is 1. The maximum absolute atomic E-state index is 14.9. The molecule has 3 aromatic rings. The summed E-state index contributed by atoms with van der Waals surface area (Å²) < 4.78 is 40.2. The number of benzene rings is 3. The Balaban J connectivity index is 0.00000297. The van der Waals surface area contributed by atoms with Crippen molar-refractivity contribution in [1.82, 2.24) is 4.72 Å². The fourth-order valence-corrected chi connectivity index (χ4v) is 8.31. The van der Waals surface area contributed by atoms with E-state index < -0.39 is 27.3 Å². The summed E-state index contributed by atoms with van der Waals surface area (Å²) in [4.78, 5) is 29.6. The summed E-state index contributed by atoms with van der Waals surface area (Å²) in [7, 11) is -2.14. The molecule has 0 radical (unpaired) electrons. The van der Waals surface area contributed by atoms with Gasteiger partial charge in [-0.3, -0.25) is 14.3 Å². The van der Waals surface area contributed by atoms with Gasteiger partial charge in [-0.05, 0) is 86.2 Å². The molecule has 2 bridgehead atoms. The van der Waals surface area contributed by atoms with Crippen LogP contribution in [0, 0.1) is 5.92 Å². The summed E-state index contributed by atoms with van der Waals surface area (Å²) in [6.07, 6.45) is 7.21. The summed E-state index contributed by atoms with van der Waals surface area (Å²) in [5.41, 5.74) is 1.94. The number of halogens is 1. The van der Waals surface area contributed by atoms with Crippen LogP contribution in [0.3, 0.4) is 0 Å². The van der Waals surface area contributed by atoms with Gasteiger partial charge >= 0.3 is 0 Å². The average molecular weight is 752 g/mol. The summed E-state index contributed by atoms with van der Waals surface area (Å²) in [5, 5.41) is 0.702. The minimum atomic E-state index is -3.85. The van der Waals surface area contributed by atoms with Crippen LogP contribution in [0.2, 0.25) is 5.02 Å². The maximum Gasteiger partial charge on any atom is 0.287 e. The molecule has 0 saturated heterocycles. The minimum Gasteiger partial charge on any atom is -0.491 e. The van der Waals surface area contributed by atoms with Crippen LogP contribution in [0.1, 0.15) is 88.2 Å². The molecule has 1 N–H and O–H groups in total. The van der Waals surface area contributed by atoms with Gasteiger partial charge in [0.25, 0.3) is 11.8 Å². The highest BCUT2D eigenvalue weighted by Crippen LogP contribution is 2.39. The molecule has 2 aliphatic rings. The van der Waals surface area contributed by atoms with Crippen LogP contribution in [0.5, 0.6) is 5.75 Å². The van der Waals surface area contributed by atoms with E-state index in [1.54, 1.807) is 69.5 Å². The van der Waals surface area contributed by atoms with Gasteiger partial charge in [-0.25, -0.2) is 4.21 Å². The number of rotatable bonds is 7. The van der Waals surface area contributed by atoms with Gasteiger partial charge < -0.3 is 19.1 Å². The lowest BCUT2D eigenvalue weighted by Crippen LogP contribution is -2.38. The lowest BCUT2D eigenvalue weighted by Gasteiger charge is -2.31. The Morgan fingerprint density at radius 2 is 1.85 bits per heavy atom. The van der Waals surface area contributed by atoms with Gasteiger partial charge in [0.15, 0.2) is 9.92 Å². The fraction of sp³-hybridized carbons (Fsp3) is 0.463. The number of carbonyl (C=O) groups is 2. The van der Waals surface area contributed by atoms with Crippen molar-refractivity contribution in [3.63, 3.8) is 0 Å². The predicted octanol–water partition coefficient (Wildman–Crippen LogP) is 8.80. The van der Waals surface area contributed by atoms with E-state index in [4.69, 9.17) is 25.8 Å². The van der Waals surface area contributed by atoms with E-state index in [-0.39, 0.29) is 35.0 Å². The topological polar surface area (TPSA) is 107 Å². The molecule has 52 heavy (non-hydrogen) atoms. The number of aryl methyl sites for hydroxylation is 1. The second-order valence-corrected chi connectivity index (χ2v) is 15.6. The van der Waals surface area contributed by atoms with Crippen LogP contribution >= 0.6 is 11.6 Å². The van der Waals surface area contributed by atoms with E-state index in [2.05, 4.69) is 33.9 Å². The second kappa shape index (κ2) is 18.9. The van der Waals surface area contributed by atoms with E-state index in [1.807, 2.05) is 38.1 Å². The number of hydrogen-bond donors (Lipinski definition) is 1. The second-order valence-electron chi connectivity index (χ2n) is 13.3. The summed E-state index contributed by atoms with van der Waals surface area (Å²) in [5.74, 6) is -0.566. The first-order valence-electron chi connectivity index (χ1n) is 18.3. The van der Waals surface area contributed by atoms with Crippen LogP contribution in [-0.2, 0) is 30.6 Å². The number of amides is 2. The molecule has 2 amide bonds. The van der Waals surface area contributed by atoms with E-state index in [0.29, 0.717) is 36.2 Å². The van der Waals surface area contributed by atoms with Crippen LogP contribution in [-0.4, -0.2) is 61.1 Å². The molecule has 0 fully saturated rings. The van der Waals surface area contributed by atoms with Crippen LogP contribution in [0.4, 0.5) is 5.69 Å². The highest BCUT2D eigenvalue weighted by molar-refractivity contribution is 7.92. The van der Waals surface area contributed by atoms with Gasteiger partial charge in [0.2, 0.25) is 0 Å². The highest BCUT2D eigenvalue weighted by Gasteiger charge is 2.33. The van der Waals surface area contributed by atoms with Crippen molar-refractivity contribution in [1.29, 1.82) is 0 Å². The first-order valence-corrected chi connectivity index (χ1v) is 20.2. The molecule has 2 aliphatic heterocycles. The molecule has 9 nitrogen and oxygen atoms in total. The van der Waals surface area contributed by atoms with E-state index >= 15 is 0 Å². The average Bonchev–Trinajstić information content (AvgIpc) is 3.32. The zero-order valence-electron chi connectivity index (χ0n) is 31.5. The van der Waals surface area contributed by atoms with Crippen molar-refractivity contribution in [3.8, 4) is 5.75 Å². The molecule has 11 heteroatoms. The third-order valence-electron chi connectivity index (χ3n) is 9.43. The molecule has 0 saturated carbocycles. The van der Waals surface area contributed by atoms with Crippen LogP contribution < -0.4 is 14.4 Å². The van der Waals surface area contributed by atoms with Gasteiger partial charge in [0, 0.05) is 36.7 Å². The molecule has 0 aromatic heterocycles. The maximum atomic E-state index is 14.9. The normalized spacial score (nSPS) is 23.9. The van der Waals surface area contributed by atoms with Gasteiger partial charge in [0.1, 0.15) is 11.4 Å². The molecule has 3 aromatic carbocycles. The number of carbonyl (C=O) groups excluding carboxylic acids is 2. The number of nitrogens with zero attached hydrogens (tertiary/aromatic N) is 2. The van der Waals surface area contributed by atoms with Crippen LogP contribution in [0.15, 0.2) is 88.1 Å². The monoisotopic (exact) mass is 751 g/mol. The zero-order chi connectivity index (χ0) is 37.9. The Kier molecular flexibility index (Phi) is 14.9. The van der Waals surface area contributed by atoms with Crippen molar-refractivity contribution in [3.05, 3.63) is 101 Å². The Labute approximate surface area is 315 Å². The number of anilines is 1. The van der Waals surface area contributed by atoms with Crippen molar-refractivity contribution < 1.29 is 28.0 Å². The number of ether oxygens (including phenoxy) is 3. The first kappa shape index (κ1) is 41.1. The predicted molar refractivity (Wildman–Crippen MR) is 210 cm³/mol. The Hall–Kier alpha value is -3.70. The lowest BCUT2D eigenvalue weighted by molar-refractivity contribution is -0.137. The molecule has 0 aliphatic carbocycles. The third kappa shape index (κ3) is 10.0. The lowest BCUT2D eigenvalue weighted by atomic mass is 9.91. The van der Waals surface area contributed by atoms with E-state index in [0.717, 1.165) is 25.7 Å². The SMILES string of the molecule is CC.CCCc1cc(Cl)ccc1C1COc2ccc3cc2N(CCC(CC)C(OC)/C=C/COC(C)(C)C(=O)N=S3(=O)NC(=O)c2ccccc2)C1.